The Hall–Kier alpha value is -3.40. The second kappa shape index (κ2) is 7.46. The fourth-order valence-corrected chi connectivity index (χ4v) is 3.06. The van der Waals surface area contributed by atoms with E-state index in [2.05, 4.69) is 58.8 Å². The van der Waals surface area contributed by atoms with Gasteiger partial charge in [-0.05, 0) is 38.1 Å². The van der Waals surface area contributed by atoms with Crippen LogP contribution in [0.25, 0.3) is 22.0 Å². The first kappa shape index (κ1) is 17.0. The van der Waals surface area contributed by atoms with Crippen LogP contribution in [-0.4, -0.2) is 16.8 Å². The van der Waals surface area contributed by atoms with Crippen molar-refractivity contribution in [1.82, 2.24) is 10.2 Å². The van der Waals surface area contributed by atoms with Crippen molar-refractivity contribution in [1.29, 1.82) is 0 Å². The van der Waals surface area contributed by atoms with Gasteiger partial charge in [-0.15, -0.1) is 10.2 Å². The minimum absolute atomic E-state index is 0.656. The standard InChI is InChI=1S/C23H21N3O/c1-3-27-19-14-12-18(13-15-19)24-23-21-7-5-4-6-20(21)22(25-26-23)17-10-8-16(2)9-11-17/h4-15H,3H2,1-2H3,(H,24,26). The maximum Gasteiger partial charge on any atom is 0.161 e. The molecule has 4 rings (SSSR count). The molecule has 0 bridgehead atoms. The molecule has 0 saturated carbocycles. The zero-order chi connectivity index (χ0) is 18.6. The minimum atomic E-state index is 0.656. The highest BCUT2D eigenvalue weighted by atomic mass is 16.5. The van der Waals surface area contributed by atoms with E-state index in [-0.39, 0.29) is 0 Å². The Labute approximate surface area is 158 Å². The van der Waals surface area contributed by atoms with Crippen LogP contribution in [0, 0.1) is 6.92 Å². The van der Waals surface area contributed by atoms with E-state index in [0.717, 1.165) is 39.3 Å². The van der Waals surface area contributed by atoms with E-state index in [1.165, 1.54) is 5.56 Å². The lowest BCUT2D eigenvalue weighted by Crippen LogP contribution is -1.99. The van der Waals surface area contributed by atoms with Gasteiger partial charge in [0.2, 0.25) is 0 Å². The van der Waals surface area contributed by atoms with Crippen LogP contribution in [0.5, 0.6) is 5.75 Å². The molecule has 27 heavy (non-hydrogen) atoms. The summed E-state index contributed by atoms with van der Waals surface area (Å²) in [4.78, 5) is 0. The molecule has 0 aliphatic heterocycles. The number of anilines is 2. The van der Waals surface area contributed by atoms with Crippen molar-refractivity contribution in [3.05, 3.63) is 78.4 Å². The van der Waals surface area contributed by atoms with Crippen LogP contribution in [-0.2, 0) is 0 Å². The normalized spacial score (nSPS) is 10.7. The van der Waals surface area contributed by atoms with Gasteiger partial charge in [0.15, 0.2) is 5.82 Å². The van der Waals surface area contributed by atoms with Crippen LogP contribution in [0.4, 0.5) is 11.5 Å². The number of nitrogens with zero attached hydrogens (tertiary/aromatic N) is 2. The Balaban J connectivity index is 1.72. The second-order valence-electron chi connectivity index (χ2n) is 6.39. The third kappa shape index (κ3) is 3.60. The summed E-state index contributed by atoms with van der Waals surface area (Å²) in [6.07, 6.45) is 0. The van der Waals surface area contributed by atoms with E-state index < -0.39 is 0 Å². The number of fused-ring (bicyclic) bond motifs is 1. The van der Waals surface area contributed by atoms with Crippen molar-refractivity contribution in [2.24, 2.45) is 0 Å². The zero-order valence-electron chi connectivity index (χ0n) is 15.4. The van der Waals surface area contributed by atoms with E-state index in [1.807, 2.05) is 43.3 Å². The van der Waals surface area contributed by atoms with Crippen LogP contribution in [0.3, 0.4) is 0 Å². The summed E-state index contributed by atoms with van der Waals surface area (Å²) in [6, 6.07) is 24.4. The maximum atomic E-state index is 5.50. The molecule has 0 atom stereocenters. The number of aryl methyl sites for hydroxylation is 1. The van der Waals surface area contributed by atoms with Crippen LogP contribution in [0.2, 0.25) is 0 Å². The third-order valence-electron chi connectivity index (χ3n) is 4.44. The number of hydrogen-bond acceptors (Lipinski definition) is 4. The first-order chi connectivity index (χ1) is 13.2. The van der Waals surface area contributed by atoms with Gasteiger partial charge in [-0.1, -0.05) is 54.1 Å². The number of benzene rings is 3. The zero-order valence-corrected chi connectivity index (χ0v) is 15.4. The summed E-state index contributed by atoms with van der Waals surface area (Å²) in [7, 11) is 0. The van der Waals surface area contributed by atoms with Crippen LogP contribution >= 0.6 is 0 Å². The van der Waals surface area contributed by atoms with E-state index in [9.17, 15) is 0 Å². The van der Waals surface area contributed by atoms with E-state index in [0.29, 0.717) is 6.61 Å². The predicted octanol–water partition coefficient (Wildman–Crippen LogP) is 5.75. The first-order valence-corrected chi connectivity index (χ1v) is 9.07. The van der Waals surface area contributed by atoms with Gasteiger partial charge in [0.05, 0.1) is 6.61 Å². The van der Waals surface area contributed by atoms with Gasteiger partial charge >= 0.3 is 0 Å². The Kier molecular flexibility index (Phi) is 4.71. The van der Waals surface area contributed by atoms with E-state index in [1.54, 1.807) is 0 Å². The largest absolute Gasteiger partial charge is 0.494 e. The quantitative estimate of drug-likeness (QED) is 0.495. The molecule has 1 heterocycles. The topological polar surface area (TPSA) is 47.0 Å². The van der Waals surface area contributed by atoms with Crippen molar-refractivity contribution in [2.45, 2.75) is 13.8 Å². The highest BCUT2D eigenvalue weighted by Crippen LogP contribution is 2.31. The monoisotopic (exact) mass is 355 g/mol. The fraction of sp³-hybridized carbons (Fsp3) is 0.130. The van der Waals surface area contributed by atoms with Crippen LogP contribution < -0.4 is 10.1 Å². The lowest BCUT2D eigenvalue weighted by atomic mass is 10.0. The number of aromatic nitrogens is 2. The summed E-state index contributed by atoms with van der Waals surface area (Å²) in [5.74, 6) is 1.60. The molecule has 0 radical (unpaired) electrons. The van der Waals surface area contributed by atoms with Gasteiger partial charge in [0, 0.05) is 22.0 Å². The van der Waals surface area contributed by atoms with Crippen molar-refractivity contribution >= 4 is 22.3 Å². The van der Waals surface area contributed by atoms with Gasteiger partial charge in [-0.25, -0.2) is 0 Å². The molecule has 0 saturated heterocycles. The molecule has 1 N–H and O–H groups in total. The van der Waals surface area contributed by atoms with Crippen molar-refractivity contribution in [2.75, 3.05) is 11.9 Å². The first-order valence-electron chi connectivity index (χ1n) is 9.07. The van der Waals surface area contributed by atoms with Gasteiger partial charge in [-0.3, -0.25) is 0 Å². The fourth-order valence-electron chi connectivity index (χ4n) is 3.06. The summed E-state index contributed by atoms with van der Waals surface area (Å²) < 4.78 is 5.50. The lowest BCUT2D eigenvalue weighted by molar-refractivity contribution is 0.340. The number of rotatable bonds is 5. The second-order valence-corrected chi connectivity index (χ2v) is 6.39. The Bertz CT molecular complexity index is 1060. The molecule has 0 aliphatic carbocycles. The smallest absolute Gasteiger partial charge is 0.161 e. The summed E-state index contributed by atoms with van der Waals surface area (Å²) in [5.41, 5.74) is 4.13. The average Bonchev–Trinajstić information content (AvgIpc) is 2.71. The molecule has 0 aliphatic rings. The van der Waals surface area contributed by atoms with Crippen LogP contribution in [0.1, 0.15) is 12.5 Å². The molecule has 0 unspecified atom stereocenters. The van der Waals surface area contributed by atoms with Gasteiger partial charge < -0.3 is 10.1 Å². The molecular formula is C23H21N3O. The average molecular weight is 355 g/mol. The summed E-state index contributed by atoms with van der Waals surface area (Å²) in [6.45, 7) is 4.71. The minimum Gasteiger partial charge on any atom is -0.494 e. The number of nitrogens with one attached hydrogen (secondary N) is 1. The molecular weight excluding hydrogens is 334 g/mol. The Morgan fingerprint density at radius 2 is 1.52 bits per heavy atom. The predicted molar refractivity (Wildman–Crippen MR) is 111 cm³/mol. The lowest BCUT2D eigenvalue weighted by Gasteiger charge is -2.12. The third-order valence-corrected chi connectivity index (χ3v) is 4.44. The molecule has 3 aromatic carbocycles. The van der Waals surface area contributed by atoms with Crippen molar-refractivity contribution in [3.8, 4) is 17.0 Å². The molecule has 0 amide bonds. The Morgan fingerprint density at radius 1 is 0.815 bits per heavy atom. The van der Waals surface area contributed by atoms with Gasteiger partial charge in [-0.2, -0.15) is 0 Å². The van der Waals surface area contributed by atoms with Crippen LogP contribution in [0.15, 0.2) is 72.8 Å². The molecule has 0 spiro atoms. The summed E-state index contributed by atoms with van der Waals surface area (Å²) in [5, 5.41) is 14.5. The molecule has 1 aromatic heterocycles. The highest BCUT2D eigenvalue weighted by molar-refractivity contribution is 6.00. The molecule has 0 fully saturated rings. The van der Waals surface area contributed by atoms with E-state index >= 15 is 0 Å². The molecule has 4 heteroatoms. The maximum absolute atomic E-state index is 5.50. The van der Waals surface area contributed by atoms with Gasteiger partial charge in [0.1, 0.15) is 11.4 Å². The number of ether oxygens (including phenoxy) is 1. The molecule has 4 nitrogen and oxygen atoms in total. The molecule has 134 valence electrons. The summed E-state index contributed by atoms with van der Waals surface area (Å²) >= 11 is 0. The van der Waals surface area contributed by atoms with Crippen molar-refractivity contribution in [3.63, 3.8) is 0 Å². The SMILES string of the molecule is CCOc1ccc(Nc2nnc(-c3ccc(C)cc3)c3ccccc23)cc1. The molecule has 4 aromatic rings. The van der Waals surface area contributed by atoms with E-state index in [4.69, 9.17) is 4.74 Å². The van der Waals surface area contributed by atoms with Gasteiger partial charge in [0.25, 0.3) is 0 Å². The van der Waals surface area contributed by atoms with Crippen molar-refractivity contribution < 1.29 is 4.74 Å². The highest BCUT2D eigenvalue weighted by Gasteiger charge is 2.11. The Morgan fingerprint density at radius 3 is 2.22 bits per heavy atom. The number of hydrogen-bond donors (Lipinski definition) is 1.